The number of fused-ring (bicyclic) bond motifs is 1. The number of halogens is 7. The first kappa shape index (κ1) is 29.7. The third-order valence-corrected chi connectivity index (χ3v) is 7.26. The minimum atomic E-state index is -5.25. The summed E-state index contributed by atoms with van der Waals surface area (Å²) in [4.78, 5) is 28.4. The molecule has 0 saturated heterocycles. The fourth-order valence-corrected chi connectivity index (χ4v) is 5.44. The van der Waals surface area contributed by atoms with E-state index in [1.165, 1.54) is 0 Å². The third kappa shape index (κ3) is 4.73. The van der Waals surface area contributed by atoms with Crippen molar-refractivity contribution in [1.82, 2.24) is 4.90 Å². The monoisotopic (exact) mass is 565 g/mol. The average Bonchev–Trinajstić information content (AvgIpc) is 2.97. The number of alkyl halides is 3. The summed E-state index contributed by atoms with van der Waals surface area (Å²) in [5.41, 5.74) is -3.62. The van der Waals surface area contributed by atoms with Gasteiger partial charge in [0.15, 0.2) is 0 Å². The first-order chi connectivity index (χ1) is 17.2. The SMILES string of the molecule is CCN(CC)C1CC(CN2C(=O)C(O)(c3c(F)cc(F)cc3F)c3c2cc(C(N)=O)cc3C(F)(F)F)C1.Cl. The normalized spacial score (nSPS) is 22.8. The minimum Gasteiger partial charge on any atom is -0.371 e. The van der Waals surface area contributed by atoms with E-state index in [2.05, 4.69) is 4.90 Å². The van der Waals surface area contributed by atoms with Gasteiger partial charge in [0.25, 0.3) is 5.91 Å². The largest absolute Gasteiger partial charge is 0.416 e. The van der Waals surface area contributed by atoms with Gasteiger partial charge in [0.05, 0.1) is 16.8 Å². The van der Waals surface area contributed by atoms with Crippen LogP contribution in [-0.2, 0) is 16.6 Å². The number of carbonyl (C=O) groups excluding carboxylic acids is 2. The molecule has 1 unspecified atom stereocenters. The van der Waals surface area contributed by atoms with Crippen molar-refractivity contribution in [3.8, 4) is 0 Å². The van der Waals surface area contributed by atoms with Gasteiger partial charge in [0.2, 0.25) is 11.5 Å². The number of nitrogens with zero attached hydrogens (tertiary/aromatic N) is 2. The fraction of sp³-hybridized carbons (Fsp3) is 0.440. The quantitative estimate of drug-likeness (QED) is 0.489. The Morgan fingerprint density at radius 2 is 1.63 bits per heavy atom. The van der Waals surface area contributed by atoms with Gasteiger partial charge in [-0.25, -0.2) is 13.2 Å². The molecule has 3 N–H and O–H groups in total. The maximum absolute atomic E-state index is 14.8. The Morgan fingerprint density at radius 1 is 1.08 bits per heavy atom. The van der Waals surface area contributed by atoms with Crippen molar-refractivity contribution in [2.24, 2.45) is 11.7 Å². The second-order valence-electron chi connectivity index (χ2n) is 9.36. The summed E-state index contributed by atoms with van der Waals surface area (Å²) in [6.45, 7) is 5.34. The number of amides is 2. The van der Waals surface area contributed by atoms with Crippen LogP contribution in [0.25, 0.3) is 0 Å². The molecule has 13 heteroatoms. The van der Waals surface area contributed by atoms with Gasteiger partial charge in [0.1, 0.15) is 17.5 Å². The molecule has 38 heavy (non-hydrogen) atoms. The summed E-state index contributed by atoms with van der Waals surface area (Å²) in [6, 6.07) is 1.73. The van der Waals surface area contributed by atoms with Crippen molar-refractivity contribution >= 4 is 29.9 Å². The Hall–Kier alpha value is -2.83. The van der Waals surface area contributed by atoms with Crippen molar-refractivity contribution in [1.29, 1.82) is 0 Å². The van der Waals surface area contributed by atoms with E-state index >= 15 is 0 Å². The number of nitrogens with two attached hydrogens (primary N) is 1. The molecule has 0 aromatic heterocycles. The zero-order chi connectivity index (χ0) is 27.4. The molecule has 2 amide bonds. The van der Waals surface area contributed by atoms with Crippen LogP contribution in [0.1, 0.15) is 53.7 Å². The lowest BCUT2D eigenvalue weighted by Gasteiger charge is -2.43. The van der Waals surface area contributed by atoms with Crippen molar-refractivity contribution < 1.29 is 41.0 Å². The number of aliphatic hydroxyl groups is 1. The highest BCUT2D eigenvalue weighted by atomic mass is 35.5. The molecule has 1 aliphatic carbocycles. The number of carbonyl (C=O) groups is 2. The van der Waals surface area contributed by atoms with E-state index in [0.717, 1.165) is 24.1 Å². The van der Waals surface area contributed by atoms with Gasteiger partial charge >= 0.3 is 6.18 Å². The van der Waals surface area contributed by atoms with Crippen LogP contribution in [0.4, 0.5) is 32.0 Å². The zero-order valence-electron chi connectivity index (χ0n) is 20.4. The van der Waals surface area contributed by atoms with E-state index in [0.29, 0.717) is 18.9 Å². The number of hydrogen-bond acceptors (Lipinski definition) is 4. The van der Waals surface area contributed by atoms with Crippen LogP contribution in [0.2, 0.25) is 0 Å². The van der Waals surface area contributed by atoms with Crippen LogP contribution in [0.3, 0.4) is 0 Å². The molecule has 4 rings (SSSR count). The number of anilines is 1. The van der Waals surface area contributed by atoms with Gasteiger partial charge in [-0.05, 0) is 44.0 Å². The summed E-state index contributed by atoms with van der Waals surface area (Å²) >= 11 is 0. The summed E-state index contributed by atoms with van der Waals surface area (Å²) < 4.78 is 85.8. The topological polar surface area (TPSA) is 86.9 Å². The van der Waals surface area contributed by atoms with Gasteiger partial charge in [-0.3, -0.25) is 9.59 Å². The summed E-state index contributed by atoms with van der Waals surface area (Å²) in [7, 11) is 0. The molecule has 2 aromatic rings. The molecule has 1 atom stereocenters. The van der Waals surface area contributed by atoms with Crippen molar-refractivity contribution in [3.05, 3.63) is 64.0 Å². The molecule has 1 aliphatic heterocycles. The fourth-order valence-electron chi connectivity index (χ4n) is 5.44. The van der Waals surface area contributed by atoms with Crippen LogP contribution in [0.15, 0.2) is 24.3 Å². The lowest BCUT2D eigenvalue weighted by Crippen LogP contribution is -2.50. The predicted molar refractivity (Wildman–Crippen MR) is 128 cm³/mol. The number of rotatable bonds is 7. The predicted octanol–water partition coefficient (Wildman–Crippen LogP) is 4.35. The number of hydrogen-bond donors (Lipinski definition) is 2. The van der Waals surface area contributed by atoms with E-state index in [-0.39, 0.29) is 43.0 Å². The molecule has 1 heterocycles. The average molecular weight is 566 g/mol. The van der Waals surface area contributed by atoms with Crippen LogP contribution >= 0.6 is 12.4 Å². The highest BCUT2D eigenvalue weighted by molar-refractivity contribution is 6.11. The second-order valence-corrected chi connectivity index (χ2v) is 9.36. The summed E-state index contributed by atoms with van der Waals surface area (Å²) in [5.74, 6) is -7.73. The summed E-state index contributed by atoms with van der Waals surface area (Å²) in [5, 5.41) is 11.5. The maximum atomic E-state index is 14.8. The van der Waals surface area contributed by atoms with E-state index in [1.807, 2.05) is 13.8 Å². The molecule has 0 bridgehead atoms. The second kappa shape index (κ2) is 10.4. The van der Waals surface area contributed by atoms with Crippen LogP contribution in [-0.4, -0.2) is 47.5 Å². The molecule has 0 radical (unpaired) electrons. The van der Waals surface area contributed by atoms with Gasteiger partial charge in [-0.2, -0.15) is 13.2 Å². The van der Waals surface area contributed by atoms with Crippen LogP contribution < -0.4 is 10.6 Å². The van der Waals surface area contributed by atoms with E-state index in [1.54, 1.807) is 0 Å². The smallest absolute Gasteiger partial charge is 0.371 e. The van der Waals surface area contributed by atoms with E-state index in [4.69, 9.17) is 5.73 Å². The van der Waals surface area contributed by atoms with E-state index in [9.17, 15) is 41.0 Å². The van der Waals surface area contributed by atoms with Gasteiger partial charge < -0.3 is 20.6 Å². The van der Waals surface area contributed by atoms with Crippen LogP contribution in [0.5, 0.6) is 0 Å². The molecule has 2 aromatic carbocycles. The molecule has 208 valence electrons. The molecule has 2 aliphatic rings. The Balaban J connectivity index is 0.00000400. The van der Waals surface area contributed by atoms with Gasteiger partial charge in [0, 0.05) is 35.8 Å². The summed E-state index contributed by atoms with van der Waals surface area (Å²) in [6.07, 6.45) is -4.06. The third-order valence-electron chi connectivity index (χ3n) is 7.26. The molecule has 1 fully saturated rings. The van der Waals surface area contributed by atoms with Gasteiger partial charge in [-0.15, -0.1) is 12.4 Å². The Morgan fingerprint density at radius 3 is 2.11 bits per heavy atom. The lowest BCUT2D eigenvalue weighted by atomic mass is 9.78. The van der Waals surface area contributed by atoms with Crippen molar-refractivity contribution in [2.45, 2.75) is 44.5 Å². The Labute approximate surface area is 220 Å². The minimum absolute atomic E-state index is 0. The maximum Gasteiger partial charge on any atom is 0.416 e. The number of primary amides is 1. The van der Waals surface area contributed by atoms with Crippen molar-refractivity contribution in [3.63, 3.8) is 0 Å². The molecule has 6 nitrogen and oxygen atoms in total. The molecular weight excluding hydrogens is 540 g/mol. The Kier molecular flexibility index (Phi) is 8.12. The van der Waals surface area contributed by atoms with Gasteiger partial charge in [-0.1, -0.05) is 13.8 Å². The highest BCUT2D eigenvalue weighted by Gasteiger charge is 2.58. The first-order valence-corrected chi connectivity index (χ1v) is 11.7. The molecular formula is C25H26ClF6N3O3. The van der Waals surface area contributed by atoms with Crippen molar-refractivity contribution in [2.75, 3.05) is 24.5 Å². The standard InChI is InChI=1S/C25H25F6N3O3.ClH/c1-3-33(4-2)15-5-12(6-15)11-34-19-8-13(22(32)35)7-16(25(29,30)31)20(19)24(37,23(34)36)21-17(27)9-14(26)10-18(21)28;/h7-10,12,15,37H,3-6,11H2,1-2H3,(H2,32,35);1H. The highest BCUT2D eigenvalue weighted by Crippen LogP contribution is 2.52. The zero-order valence-corrected chi connectivity index (χ0v) is 21.2. The van der Waals surface area contributed by atoms with Crippen LogP contribution in [0, 0.1) is 23.4 Å². The number of benzene rings is 2. The molecule has 0 spiro atoms. The first-order valence-electron chi connectivity index (χ1n) is 11.7. The molecule has 1 saturated carbocycles. The van der Waals surface area contributed by atoms with E-state index < -0.39 is 69.0 Å². The Bertz CT molecular complexity index is 1240. The lowest BCUT2D eigenvalue weighted by molar-refractivity contribution is -0.142.